The smallest absolute Gasteiger partial charge is 0.318 e. The quantitative estimate of drug-likeness (QED) is 0.802. The van der Waals surface area contributed by atoms with Crippen LogP contribution in [0.4, 0.5) is 4.79 Å². The van der Waals surface area contributed by atoms with Gasteiger partial charge < -0.3 is 15.0 Å². The molecular formula is C19H26N4O2. The van der Waals surface area contributed by atoms with Gasteiger partial charge in [0.2, 0.25) is 0 Å². The third-order valence-corrected chi connectivity index (χ3v) is 3.85. The second-order valence-electron chi connectivity index (χ2n) is 5.87. The highest BCUT2D eigenvalue weighted by atomic mass is 16.5. The Morgan fingerprint density at radius 1 is 1.40 bits per heavy atom. The van der Waals surface area contributed by atoms with Gasteiger partial charge in [-0.2, -0.15) is 5.10 Å². The minimum atomic E-state index is -0.119. The zero-order valence-corrected chi connectivity index (χ0v) is 15.1. The van der Waals surface area contributed by atoms with Crippen molar-refractivity contribution in [1.82, 2.24) is 20.0 Å². The lowest BCUT2D eigenvalue weighted by atomic mass is 10.2. The van der Waals surface area contributed by atoms with Crippen LogP contribution in [0.2, 0.25) is 0 Å². The van der Waals surface area contributed by atoms with Crippen LogP contribution >= 0.6 is 0 Å². The first-order chi connectivity index (χ1) is 12.1. The number of aryl methyl sites for hydroxylation is 1. The van der Waals surface area contributed by atoms with Gasteiger partial charge in [-0.05, 0) is 12.5 Å². The van der Waals surface area contributed by atoms with E-state index in [2.05, 4.69) is 10.4 Å². The number of nitrogens with zero attached hydrogens (tertiary/aromatic N) is 3. The van der Waals surface area contributed by atoms with E-state index in [0.29, 0.717) is 19.7 Å². The molecule has 0 fully saturated rings. The molecule has 134 valence electrons. The zero-order chi connectivity index (χ0) is 18.1. The van der Waals surface area contributed by atoms with Gasteiger partial charge in [0.05, 0.1) is 18.8 Å². The maximum atomic E-state index is 12.6. The minimum Gasteiger partial charge on any atom is -0.383 e. The summed E-state index contributed by atoms with van der Waals surface area (Å²) in [6, 6.07) is 9.79. The van der Waals surface area contributed by atoms with Gasteiger partial charge in [0.1, 0.15) is 0 Å². The highest BCUT2D eigenvalue weighted by Crippen LogP contribution is 2.11. The molecule has 0 aliphatic carbocycles. The van der Waals surface area contributed by atoms with Gasteiger partial charge in [-0.1, -0.05) is 42.5 Å². The maximum Gasteiger partial charge on any atom is 0.318 e. The van der Waals surface area contributed by atoms with Crippen LogP contribution in [0.15, 0.2) is 48.8 Å². The Bertz CT molecular complexity index is 682. The number of hydrogen-bond acceptors (Lipinski definition) is 3. The molecule has 1 atom stereocenters. The van der Waals surface area contributed by atoms with Gasteiger partial charge in [0.25, 0.3) is 0 Å². The Balaban J connectivity index is 1.95. The maximum absolute atomic E-state index is 12.6. The number of carbonyl (C=O) groups is 1. The molecule has 2 amide bonds. The number of aromatic nitrogens is 2. The summed E-state index contributed by atoms with van der Waals surface area (Å²) in [6.07, 6.45) is 7.66. The van der Waals surface area contributed by atoms with Gasteiger partial charge in [-0.3, -0.25) is 4.68 Å². The molecule has 2 aromatic rings. The first kappa shape index (κ1) is 18.7. The number of ether oxygens (including phenoxy) is 1. The number of benzene rings is 1. The summed E-state index contributed by atoms with van der Waals surface area (Å²) in [7, 11) is 3.49. The molecular weight excluding hydrogens is 316 g/mol. The van der Waals surface area contributed by atoms with Crippen LogP contribution in [0.25, 0.3) is 6.08 Å². The van der Waals surface area contributed by atoms with Crippen molar-refractivity contribution in [2.24, 2.45) is 7.05 Å². The molecule has 0 saturated carbocycles. The average Bonchev–Trinajstić information content (AvgIpc) is 3.05. The summed E-state index contributed by atoms with van der Waals surface area (Å²) in [4.78, 5) is 14.3. The van der Waals surface area contributed by atoms with Crippen LogP contribution in [-0.2, 0) is 11.8 Å². The van der Waals surface area contributed by atoms with Gasteiger partial charge in [-0.15, -0.1) is 0 Å². The summed E-state index contributed by atoms with van der Waals surface area (Å²) in [6.45, 7) is 3.49. The second kappa shape index (κ2) is 9.64. The van der Waals surface area contributed by atoms with Crippen molar-refractivity contribution in [3.05, 3.63) is 59.9 Å². The second-order valence-corrected chi connectivity index (χ2v) is 5.87. The normalized spacial score (nSPS) is 12.3. The van der Waals surface area contributed by atoms with E-state index >= 15 is 0 Å². The molecule has 0 saturated heterocycles. The topological polar surface area (TPSA) is 59.4 Å². The Kier molecular flexibility index (Phi) is 7.22. The summed E-state index contributed by atoms with van der Waals surface area (Å²) in [5.74, 6) is 0. The number of urea groups is 1. The summed E-state index contributed by atoms with van der Waals surface area (Å²) >= 11 is 0. The minimum absolute atomic E-state index is 0.107. The fourth-order valence-electron chi connectivity index (χ4n) is 2.38. The highest BCUT2D eigenvalue weighted by molar-refractivity contribution is 5.75. The molecule has 6 nitrogen and oxygen atoms in total. The van der Waals surface area contributed by atoms with Gasteiger partial charge in [0, 0.05) is 39.0 Å². The molecule has 0 bridgehead atoms. The van der Waals surface area contributed by atoms with E-state index in [0.717, 1.165) is 11.1 Å². The SMILES string of the molecule is COCCN(CC=Cc1ccccc1)C(=O)NC(C)c1cnn(C)c1. The Labute approximate surface area is 149 Å². The van der Waals surface area contributed by atoms with E-state index in [9.17, 15) is 4.79 Å². The summed E-state index contributed by atoms with van der Waals surface area (Å²) in [5, 5.41) is 7.15. The van der Waals surface area contributed by atoms with Crippen LogP contribution in [0.5, 0.6) is 0 Å². The molecule has 1 aromatic carbocycles. The molecule has 0 aliphatic heterocycles. The monoisotopic (exact) mass is 342 g/mol. The molecule has 0 radical (unpaired) electrons. The summed E-state index contributed by atoms with van der Waals surface area (Å²) < 4.78 is 6.85. The third kappa shape index (κ3) is 6.08. The van der Waals surface area contributed by atoms with Gasteiger partial charge in [-0.25, -0.2) is 4.79 Å². The molecule has 1 N–H and O–H groups in total. The van der Waals surface area contributed by atoms with E-state index in [-0.39, 0.29) is 12.1 Å². The first-order valence-corrected chi connectivity index (χ1v) is 8.34. The third-order valence-electron chi connectivity index (χ3n) is 3.85. The van der Waals surface area contributed by atoms with Crippen LogP contribution in [0.3, 0.4) is 0 Å². The molecule has 1 heterocycles. The van der Waals surface area contributed by atoms with Crippen LogP contribution in [0.1, 0.15) is 24.1 Å². The molecule has 2 rings (SSSR count). The van der Waals surface area contributed by atoms with Crippen LogP contribution in [-0.4, -0.2) is 47.5 Å². The number of amides is 2. The van der Waals surface area contributed by atoms with Crippen molar-refractivity contribution < 1.29 is 9.53 Å². The molecule has 6 heteroatoms. The van der Waals surface area contributed by atoms with Crippen molar-refractivity contribution in [3.8, 4) is 0 Å². The Morgan fingerprint density at radius 3 is 2.80 bits per heavy atom. The zero-order valence-electron chi connectivity index (χ0n) is 15.1. The van der Waals surface area contributed by atoms with E-state index < -0.39 is 0 Å². The lowest BCUT2D eigenvalue weighted by Crippen LogP contribution is -2.42. The number of carbonyl (C=O) groups excluding carboxylic acids is 1. The van der Waals surface area contributed by atoms with E-state index in [1.54, 1.807) is 22.9 Å². The highest BCUT2D eigenvalue weighted by Gasteiger charge is 2.16. The number of hydrogen-bond donors (Lipinski definition) is 1. The Hall–Kier alpha value is -2.60. The number of nitrogens with one attached hydrogen (secondary N) is 1. The lowest BCUT2D eigenvalue weighted by Gasteiger charge is -2.23. The molecule has 0 aliphatic rings. The first-order valence-electron chi connectivity index (χ1n) is 8.34. The van der Waals surface area contributed by atoms with Gasteiger partial charge >= 0.3 is 6.03 Å². The van der Waals surface area contributed by atoms with E-state index in [1.807, 2.05) is 62.7 Å². The lowest BCUT2D eigenvalue weighted by molar-refractivity contribution is 0.153. The molecule has 1 unspecified atom stereocenters. The van der Waals surface area contributed by atoms with Crippen molar-refractivity contribution in [1.29, 1.82) is 0 Å². The van der Waals surface area contributed by atoms with E-state index in [4.69, 9.17) is 4.74 Å². The largest absolute Gasteiger partial charge is 0.383 e. The standard InChI is InChI=1S/C19H26N4O2/c1-16(18-14-20-22(2)15-18)21-19(24)23(12-13-25-3)11-7-10-17-8-5-4-6-9-17/h4-10,14-16H,11-13H2,1-3H3,(H,21,24). The van der Waals surface area contributed by atoms with Gasteiger partial charge in [0.15, 0.2) is 0 Å². The summed E-state index contributed by atoms with van der Waals surface area (Å²) in [5.41, 5.74) is 2.08. The predicted octanol–water partition coefficient (Wildman–Crippen LogP) is 2.85. The van der Waals surface area contributed by atoms with Crippen molar-refractivity contribution in [2.45, 2.75) is 13.0 Å². The molecule has 25 heavy (non-hydrogen) atoms. The number of methoxy groups -OCH3 is 1. The van der Waals surface area contributed by atoms with E-state index in [1.165, 1.54) is 0 Å². The fraction of sp³-hybridized carbons (Fsp3) is 0.368. The van der Waals surface area contributed by atoms with Crippen molar-refractivity contribution >= 4 is 12.1 Å². The Morgan fingerprint density at radius 2 is 2.16 bits per heavy atom. The average molecular weight is 342 g/mol. The number of rotatable bonds is 8. The van der Waals surface area contributed by atoms with Crippen molar-refractivity contribution in [3.63, 3.8) is 0 Å². The predicted molar refractivity (Wildman–Crippen MR) is 99.1 cm³/mol. The van der Waals surface area contributed by atoms with Crippen LogP contribution < -0.4 is 5.32 Å². The molecule has 0 spiro atoms. The fourth-order valence-corrected chi connectivity index (χ4v) is 2.38. The van der Waals surface area contributed by atoms with Crippen molar-refractivity contribution in [2.75, 3.05) is 26.8 Å². The van der Waals surface area contributed by atoms with Crippen LogP contribution in [0, 0.1) is 0 Å². The molecule has 1 aromatic heterocycles.